The van der Waals surface area contributed by atoms with Gasteiger partial charge in [0.1, 0.15) is 0 Å². The Kier molecular flexibility index (Phi) is 19.3. The van der Waals surface area contributed by atoms with Crippen LogP contribution >= 0.6 is 11.8 Å². The summed E-state index contributed by atoms with van der Waals surface area (Å²) in [6.45, 7) is 7.23. The van der Waals surface area contributed by atoms with Crippen molar-refractivity contribution in [1.82, 2.24) is 5.32 Å². The monoisotopic (exact) mass is 437 g/mol. The first-order chi connectivity index (χ1) is 13.9. The first-order valence-corrected chi connectivity index (χ1v) is 10.9. The topological polar surface area (TPSA) is 120 Å². The summed E-state index contributed by atoms with van der Waals surface area (Å²) in [5.41, 5.74) is 0. The molecule has 0 aliphatic heterocycles. The molecule has 9 nitrogen and oxygen atoms in total. The maximum atomic E-state index is 11.6. The molecule has 0 bridgehead atoms. The zero-order valence-corrected chi connectivity index (χ0v) is 18.3. The maximum absolute atomic E-state index is 11.6. The third-order valence-electron chi connectivity index (χ3n) is 3.68. The van der Waals surface area contributed by atoms with Gasteiger partial charge in [-0.25, -0.2) is 0 Å². The van der Waals surface area contributed by atoms with Crippen LogP contribution in [-0.4, -0.2) is 87.3 Å². The highest BCUT2D eigenvalue weighted by Crippen LogP contribution is 2.04. The standard InChI is InChI=1S/C19H35NO8S/c1-16(19(23)24)4-3-6-20-18(22)5-7-25-8-9-26-10-11-27-12-13-28-14-15-29-17(2)21/h16H,3-15H2,1-2H3,(H,20,22)(H,23,24). The average Bonchev–Trinajstić information content (AvgIpc) is 2.67. The molecular formula is C19H35NO8S. The summed E-state index contributed by atoms with van der Waals surface area (Å²) >= 11 is 1.24. The zero-order valence-electron chi connectivity index (χ0n) is 17.5. The van der Waals surface area contributed by atoms with E-state index in [1.807, 2.05) is 0 Å². The van der Waals surface area contributed by atoms with Gasteiger partial charge in [0.2, 0.25) is 5.91 Å². The Labute approximate surface area is 177 Å². The molecule has 10 heteroatoms. The van der Waals surface area contributed by atoms with Gasteiger partial charge in [-0.05, 0) is 12.8 Å². The van der Waals surface area contributed by atoms with Crippen molar-refractivity contribution in [2.75, 3.05) is 65.2 Å². The number of hydrogen-bond acceptors (Lipinski definition) is 8. The highest BCUT2D eigenvalue weighted by molar-refractivity contribution is 8.13. The number of carbonyl (C=O) groups excluding carboxylic acids is 2. The second-order valence-electron chi connectivity index (χ2n) is 6.27. The van der Waals surface area contributed by atoms with Crippen LogP contribution in [0.25, 0.3) is 0 Å². The van der Waals surface area contributed by atoms with Crippen molar-refractivity contribution in [3.05, 3.63) is 0 Å². The molecule has 0 radical (unpaired) electrons. The number of aliphatic carboxylic acids is 1. The molecule has 0 aromatic rings. The summed E-state index contributed by atoms with van der Waals surface area (Å²) in [5.74, 6) is -0.656. The molecule has 0 spiro atoms. The van der Waals surface area contributed by atoms with Crippen LogP contribution < -0.4 is 5.32 Å². The minimum absolute atomic E-state index is 0.0916. The van der Waals surface area contributed by atoms with Crippen molar-refractivity contribution >= 4 is 28.8 Å². The van der Waals surface area contributed by atoms with E-state index in [2.05, 4.69) is 5.32 Å². The van der Waals surface area contributed by atoms with Gasteiger partial charge in [0.05, 0.1) is 58.8 Å². The molecule has 0 aliphatic rings. The number of carboxylic acids is 1. The predicted octanol–water partition coefficient (Wildman–Crippen LogP) is 1.34. The first kappa shape index (κ1) is 27.8. The molecule has 0 rings (SSSR count). The van der Waals surface area contributed by atoms with Gasteiger partial charge in [-0.1, -0.05) is 18.7 Å². The van der Waals surface area contributed by atoms with E-state index in [9.17, 15) is 14.4 Å². The van der Waals surface area contributed by atoms with Crippen LogP contribution in [0.15, 0.2) is 0 Å². The van der Waals surface area contributed by atoms with Gasteiger partial charge in [0.25, 0.3) is 0 Å². The molecule has 2 N–H and O–H groups in total. The molecular weight excluding hydrogens is 402 g/mol. The lowest BCUT2D eigenvalue weighted by atomic mass is 10.1. The van der Waals surface area contributed by atoms with Gasteiger partial charge in [-0.15, -0.1) is 0 Å². The molecule has 29 heavy (non-hydrogen) atoms. The fourth-order valence-corrected chi connectivity index (χ4v) is 2.51. The van der Waals surface area contributed by atoms with Gasteiger partial charge in [0, 0.05) is 25.6 Å². The van der Waals surface area contributed by atoms with E-state index in [4.69, 9.17) is 24.1 Å². The van der Waals surface area contributed by atoms with Crippen molar-refractivity contribution in [3.8, 4) is 0 Å². The smallest absolute Gasteiger partial charge is 0.306 e. The molecule has 170 valence electrons. The largest absolute Gasteiger partial charge is 0.481 e. The Balaban J connectivity index is 3.22. The number of rotatable bonds is 20. The van der Waals surface area contributed by atoms with E-state index in [0.29, 0.717) is 78.0 Å². The Morgan fingerprint density at radius 3 is 1.93 bits per heavy atom. The lowest BCUT2D eigenvalue weighted by molar-refractivity contribution is -0.141. The number of carboxylic acid groups (broad SMARTS) is 1. The van der Waals surface area contributed by atoms with E-state index in [-0.39, 0.29) is 17.4 Å². The fraction of sp³-hybridized carbons (Fsp3) is 0.842. The highest BCUT2D eigenvalue weighted by atomic mass is 32.2. The van der Waals surface area contributed by atoms with Crippen molar-refractivity contribution in [1.29, 1.82) is 0 Å². The maximum Gasteiger partial charge on any atom is 0.306 e. The highest BCUT2D eigenvalue weighted by Gasteiger charge is 2.10. The molecule has 0 aliphatic carbocycles. The number of hydrogen-bond donors (Lipinski definition) is 2. The average molecular weight is 438 g/mol. The SMILES string of the molecule is CC(=O)SCCOCCOCCOCCOCCC(=O)NCCCC(C)C(=O)O. The normalized spacial score (nSPS) is 11.9. The van der Waals surface area contributed by atoms with Crippen LogP contribution in [0.4, 0.5) is 0 Å². The van der Waals surface area contributed by atoms with Crippen LogP contribution in [-0.2, 0) is 33.3 Å². The lowest BCUT2D eigenvalue weighted by Crippen LogP contribution is -2.26. The molecule has 1 atom stereocenters. The van der Waals surface area contributed by atoms with Gasteiger partial charge in [0.15, 0.2) is 5.12 Å². The van der Waals surface area contributed by atoms with E-state index in [1.54, 1.807) is 6.92 Å². The molecule has 0 fully saturated rings. The van der Waals surface area contributed by atoms with Gasteiger partial charge < -0.3 is 29.4 Å². The Hall–Kier alpha value is -1.20. The molecule has 0 saturated carbocycles. The van der Waals surface area contributed by atoms with Gasteiger partial charge in [-0.3, -0.25) is 14.4 Å². The van der Waals surface area contributed by atoms with Crippen molar-refractivity contribution in [3.63, 3.8) is 0 Å². The Morgan fingerprint density at radius 2 is 1.41 bits per heavy atom. The van der Waals surface area contributed by atoms with Crippen LogP contribution in [0.5, 0.6) is 0 Å². The number of amides is 1. The summed E-state index contributed by atoms with van der Waals surface area (Å²) < 4.78 is 21.3. The summed E-state index contributed by atoms with van der Waals surface area (Å²) in [5, 5.41) is 11.6. The summed E-state index contributed by atoms with van der Waals surface area (Å²) in [6, 6.07) is 0. The third-order valence-corrected chi connectivity index (χ3v) is 4.46. The van der Waals surface area contributed by atoms with Gasteiger partial charge in [-0.2, -0.15) is 0 Å². The number of ether oxygens (including phenoxy) is 4. The molecule has 1 unspecified atom stereocenters. The number of nitrogens with one attached hydrogen (secondary N) is 1. The van der Waals surface area contributed by atoms with E-state index in [0.717, 1.165) is 0 Å². The third kappa shape index (κ3) is 21.3. The zero-order chi connectivity index (χ0) is 21.7. The Bertz CT molecular complexity index is 450. The van der Waals surface area contributed by atoms with Gasteiger partial charge >= 0.3 is 5.97 Å². The van der Waals surface area contributed by atoms with Crippen LogP contribution in [0.3, 0.4) is 0 Å². The summed E-state index contributed by atoms with van der Waals surface area (Å²) in [4.78, 5) is 33.0. The van der Waals surface area contributed by atoms with E-state index in [1.165, 1.54) is 18.7 Å². The number of thioether (sulfide) groups is 1. The van der Waals surface area contributed by atoms with Crippen LogP contribution in [0.1, 0.15) is 33.1 Å². The summed E-state index contributed by atoms with van der Waals surface area (Å²) in [7, 11) is 0. The number of carbonyl (C=O) groups is 3. The minimum atomic E-state index is -0.816. The van der Waals surface area contributed by atoms with E-state index < -0.39 is 11.9 Å². The van der Waals surface area contributed by atoms with Crippen LogP contribution in [0.2, 0.25) is 0 Å². The quantitative estimate of drug-likeness (QED) is 0.272. The molecule has 0 saturated heterocycles. The van der Waals surface area contributed by atoms with E-state index >= 15 is 0 Å². The first-order valence-electron chi connectivity index (χ1n) is 9.87. The predicted molar refractivity (Wildman–Crippen MR) is 110 cm³/mol. The molecule has 0 aromatic carbocycles. The Morgan fingerprint density at radius 1 is 0.897 bits per heavy atom. The van der Waals surface area contributed by atoms with Crippen molar-refractivity contribution < 1.29 is 38.4 Å². The second kappa shape index (κ2) is 20.1. The van der Waals surface area contributed by atoms with Crippen LogP contribution in [0, 0.1) is 5.92 Å². The second-order valence-corrected chi connectivity index (χ2v) is 7.54. The van der Waals surface area contributed by atoms with Crippen molar-refractivity contribution in [2.45, 2.75) is 33.1 Å². The fourth-order valence-electron chi connectivity index (χ4n) is 2.02. The molecule has 0 heterocycles. The minimum Gasteiger partial charge on any atom is -0.481 e. The molecule has 0 aromatic heterocycles. The lowest BCUT2D eigenvalue weighted by Gasteiger charge is -2.08. The summed E-state index contributed by atoms with van der Waals surface area (Å²) in [6.07, 6.45) is 1.45. The molecule has 1 amide bonds. The van der Waals surface area contributed by atoms with Crippen molar-refractivity contribution in [2.24, 2.45) is 5.92 Å².